The van der Waals surface area contributed by atoms with Crippen LogP contribution in [0.15, 0.2) is 9.32 Å². The van der Waals surface area contributed by atoms with Gasteiger partial charge in [-0.3, -0.25) is 0 Å². The monoisotopic (exact) mass is 182 g/mol. The largest absolute Gasteiger partial charge is 0.360 e. The van der Waals surface area contributed by atoms with Crippen LogP contribution < -0.4 is 11.4 Å². The first kappa shape index (κ1) is 8.56. The third-order valence-corrected chi connectivity index (χ3v) is 2.76. The second-order valence-electron chi connectivity index (χ2n) is 3.96. The average Bonchev–Trinajstić information content (AvgIpc) is 2.72. The van der Waals surface area contributed by atoms with Crippen molar-refractivity contribution in [3.63, 3.8) is 0 Å². The van der Waals surface area contributed by atoms with Crippen LogP contribution in [0.1, 0.15) is 30.5 Å². The first-order valence-electron chi connectivity index (χ1n) is 4.57. The Kier molecular flexibility index (Phi) is 1.80. The van der Waals surface area contributed by atoms with Crippen LogP contribution in [-0.4, -0.2) is 10.7 Å². The second-order valence-corrected chi connectivity index (χ2v) is 3.96. The fraction of sp³-hybridized carbons (Fsp3) is 0.667. The second kappa shape index (κ2) is 2.73. The van der Waals surface area contributed by atoms with Crippen molar-refractivity contribution in [3.05, 3.63) is 21.7 Å². The fourth-order valence-corrected chi connectivity index (χ4v) is 1.47. The molecule has 1 saturated carbocycles. The molecule has 1 aromatic rings. The lowest BCUT2D eigenvalue weighted by molar-refractivity contribution is 0.386. The molecule has 2 rings (SSSR count). The van der Waals surface area contributed by atoms with Crippen LogP contribution in [0.5, 0.6) is 0 Å². The molecule has 3 N–H and O–H groups in total. The number of nitrogens with one attached hydrogen (secondary N) is 1. The van der Waals surface area contributed by atoms with Crippen molar-refractivity contribution in [2.45, 2.75) is 38.1 Å². The number of aryl methyl sites for hydroxylation is 1. The van der Waals surface area contributed by atoms with Gasteiger partial charge in [0.2, 0.25) is 0 Å². The van der Waals surface area contributed by atoms with Gasteiger partial charge in [0.1, 0.15) is 0 Å². The molecule has 0 spiro atoms. The predicted octanol–water partition coefficient (Wildman–Crippen LogP) is 0.700. The molecule has 0 aliphatic heterocycles. The summed E-state index contributed by atoms with van der Waals surface area (Å²) in [7, 11) is 0. The normalized spacial score (nSPS) is 18.9. The summed E-state index contributed by atoms with van der Waals surface area (Å²) < 4.78 is 4.66. The molecule has 4 nitrogen and oxygen atoms in total. The topological polar surface area (TPSA) is 72.0 Å². The number of nitrogens with two attached hydrogens (primary N) is 1. The van der Waals surface area contributed by atoms with E-state index < -0.39 is 0 Å². The molecule has 1 aliphatic carbocycles. The fourth-order valence-electron chi connectivity index (χ4n) is 1.47. The maximum atomic E-state index is 11.1. The van der Waals surface area contributed by atoms with Crippen LogP contribution in [0, 0.1) is 6.92 Å². The lowest BCUT2D eigenvalue weighted by atomic mass is 10.1. The van der Waals surface area contributed by atoms with Crippen LogP contribution >= 0.6 is 0 Å². The van der Waals surface area contributed by atoms with Crippen LogP contribution in [0.25, 0.3) is 0 Å². The SMILES string of the molecule is Cc1[nH]oc(=O)c1CCC1(N)CC1. The highest BCUT2D eigenvalue weighted by Gasteiger charge is 2.37. The Morgan fingerprint density at radius 3 is 2.77 bits per heavy atom. The summed E-state index contributed by atoms with van der Waals surface area (Å²) in [6.07, 6.45) is 3.79. The van der Waals surface area contributed by atoms with Gasteiger partial charge in [0.25, 0.3) is 0 Å². The van der Waals surface area contributed by atoms with E-state index in [9.17, 15) is 4.79 Å². The Labute approximate surface area is 76.1 Å². The summed E-state index contributed by atoms with van der Waals surface area (Å²) in [5, 5.41) is 2.57. The Bertz CT molecular complexity index is 360. The minimum absolute atomic E-state index is 0.0101. The van der Waals surface area contributed by atoms with Gasteiger partial charge in [-0.2, -0.15) is 0 Å². The van der Waals surface area contributed by atoms with Crippen molar-refractivity contribution >= 4 is 0 Å². The van der Waals surface area contributed by atoms with Crippen molar-refractivity contribution in [1.82, 2.24) is 5.16 Å². The first-order valence-corrected chi connectivity index (χ1v) is 4.57. The number of hydrogen-bond acceptors (Lipinski definition) is 3. The molecule has 1 aromatic heterocycles. The molecular weight excluding hydrogens is 168 g/mol. The molecule has 4 heteroatoms. The molecule has 0 bridgehead atoms. The van der Waals surface area contributed by atoms with Gasteiger partial charge in [-0.1, -0.05) is 0 Å². The number of hydrogen-bond donors (Lipinski definition) is 2. The maximum absolute atomic E-state index is 11.1. The van der Waals surface area contributed by atoms with Gasteiger partial charge < -0.3 is 10.3 Å². The standard InChI is InChI=1S/C9H14N2O2/c1-6-7(8(12)13-11-6)2-3-9(10)4-5-9/h11H,2-5,10H2,1H3. The molecule has 1 aliphatic rings. The van der Waals surface area contributed by atoms with E-state index in [0.717, 1.165) is 36.9 Å². The Morgan fingerprint density at radius 2 is 2.31 bits per heavy atom. The zero-order valence-electron chi connectivity index (χ0n) is 7.72. The van der Waals surface area contributed by atoms with Crippen LogP contribution in [0.2, 0.25) is 0 Å². The highest BCUT2D eigenvalue weighted by Crippen LogP contribution is 2.36. The minimum atomic E-state index is -0.248. The summed E-state index contributed by atoms with van der Waals surface area (Å²) in [5.74, 6) is 0. The van der Waals surface area contributed by atoms with Crippen molar-refractivity contribution in [2.75, 3.05) is 0 Å². The molecule has 0 atom stereocenters. The smallest absolute Gasteiger partial charge is 0.339 e. The zero-order chi connectivity index (χ0) is 9.47. The minimum Gasteiger partial charge on any atom is -0.339 e. The van der Waals surface area contributed by atoms with Crippen LogP contribution in [0.4, 0.5) is 0 Å². The Balaban J connectivity index is 2.05. The quantitative estimate of drug-likeness (QED) is 0.722. The number of aromatic nitrogens is 1. The van der Waals surface area contributed by atoms with Crippen LogP contribution in [-0.2, 0) is 6.42 Å². The average molecular weight is 182 g/mol. The molecule has 0 aromatic carbocycles. The van der Waals surface area contributed by atoms with E-state index in [4.69, 9.17) is 5.73 Å². The summed E-state index contributed by atoms with van der Waals surface area (Å²) in [4.78, 5) is 11.1. The summed E-state index contributed by atoms with van der Waals surface area (Å²) in [5.41, 5.74) is 7.26. The van der Waals surface area contributed by atoms with E-state index in [0.29, 0.717) is 0 Å². The first-order chi connectivity index (χ1) is 6.11. The Hall–Kier alpha value is -1.03. The van der Waals surface area contributed by atoms with Gasteiger partial charge >= 0.3 is 5.63 Å². The summed E-state index contributed by atoms with van der Waals surface area (Å²) in [6, 6.07) is 0. The lowest BCUT2D eigenvalue weighted by Crippen LogP contribution is -2.23. The lowest BCUT2D eigenvalue weighted by Gasteiger charge is -2.05. The van der Waals surface area contributed by atoms with Gasteiger partial charge in [0.15, 0.2) is 0 Å². The van der Waals surface area contributed by atoms with E-state index in [-0.39, 0.29) is 11.2 Å². The number of aromatic amines is 1. The van der Waals surface area contributed by atoms with Crippen molar-refractivity contribution < 1.29 is 4.52 Å². The van der Waals surface area contributed by atoms with Gasteiger partial charge in [-0.15, -0.1) is 0 Å². The Morgan fingerprint density at radius 1 is 1.62 bits per heavy atom. The van der Waals surface area contributed by atoms with Gasteiger partial charge in [-0.25, -0.2) is 9.95 Å². The molecule has 1 heterocycles. The summed E-state index contributed by atoms with van der Waals surface area (Å²) in [6.45, 7) is 1.84. The van der Waals surface area contributed by atoms with E-state index >= 15 is 0 Å². The van der Waals surface area contributed by atoms with Crippen molar-refractivity contribution in [2.24, 2.45) is 5.73 Å². The molecule has 13 heavy (non-hydrogen) atoms. The van der Waals surface area contributed by atoms with E-state index in [1.807, 2.05) is 6.92 Å². The number of H-pyrrole nitrogens is 1. The predicted molar refractivity (Wildman–Crippen MR) is 48.5 cm³/mol. The molecule has 0 amide bonds. The van der Waals surface area contributed by atoms with Gasteiger partial charge in [0.05, 0.1) is 11.3 Å². The molecule has 1 fully saturated rings. The van der Waals surface area contributed by atoms with E-state index in [1.54, 1.807) is 0 Å². The van der Waals surface area contributed by atoms with Crippen LogP contribution in [0.3, 0.4) is 0 Å². The zero-order valence-corrected chi connectivity index (χ0v) is 7.72. The molecule has 72 valence electrons. The molecule has 0 saturated heterocycles. The van der Waals surface area contributed by atoms with Gasteiger partial charge in [-0.05, 0) is 32.6 Å². The third-order valence-electron chi connectivity index (χ3n) is 2.76. The molecule has 0 unspecified atom stereocenters. The highest BCUT2D eigenvalue weighted by molar-refractivity contribution is 5.15. The maximum Gasteiger partial charge on any atom is 0.360 e. The van der Waals surface area contributed by atoms with E-state index in [1.165, 1.54) is 0 Å². The summed E-state index contributed by atoms with van der Waals surface area (Å²) >= 11 is 0. The van der Waals surface area contributed by atoms with E-state index in [2.05, 4.69) is 9.68 Å². The van der Waals surface area contributed by atoms with Gasteiger partial charge in [0, 0.05) is 5.54 Å². The van der Waals surface area contributed by atoms with Crippen molar-refractivity contribution in [1.29, 1.82) is 0 Å². The third kappa shape index (κ3) is 1.67. The molecule has 0 radical (unpaired) electrons. The number of rotatable bonds is 3. The highest BCUT2D eigenvalue weighted by atomic mass is 16.5. The molecular formula is C9H14N2O2. The van der Waals surface area contributed by atoms with Crippen molar-refractivity contribution in [3.8, 4) is 0 Å².